The number of urea groups is 1. The molecule has 1 atom stereocenters. The normalized spacial score (nSPS) is 21.5. The molecule has 2 rings (SSSR count). The third-order valence-corrected chi connectivity index (χ3v) is 3.86. The second-order valence-electron chi connectivity index (χ2n) is 5.34. The smallest absolute Gasteiger partial charge is 0.317 e. The maximum Gasteiger partial charge on any atom is 0.317 e. The van der Waals surface area contributed by atoms with Crippen LogP contribution in [0.15, 0.2) is 10.9 Å². The maximum atomic E-state index is 12.0. The topological polar surface area (TPSA) is 109 Å². The summed E-state index contributed by atoms with van der Waals surface area (Å²) in [5, 5.41) is 15.8. The van der Waals surface area contributed by atoms with Gasteiger partial charge in [-0.05, 0) is 12.8 Å². The number of carbonyl (C=O) groups excluding carboxylic acids is 1. The van der Waals surface area contributed by atoms with Gasteiger partial charge in [0.1, 0.15) is 0 Å². The molecule has 2 amide bonds. The monoisotopic (exact) mass is 296 g/mol. The Balaban J connectivity index is 1.82. The average molecular weight is 296 g/mol. The van der Waals surface area contributed by atoms with Gasteiger partial charge in [-0.2, -0.15) is 4.98 Å². The quantitative estimate of drug-likeness (QED) is 0.807. The van der Waals surface area contributed by atoms with Crippen LogP contribution in [0.3, 0.4) is 0 Å². The zero-order valence-corrected chi connectivity index (χ0v) is 12.0. The number of carbonyl (C=O) groups is 2. The van der Waals surface area contributed by atoms with Gasteiger partial charge >= 0.3 is 12.0 Å². The van der Waals surface area contributed by atoms with E-state index in [4.69, 9.17) is 0 Å². The van der Waals surface area contributed by atoms with Crippen molar-refractivity contribution in [2.24, 2.45) is 5.41 Å². The number of nitrogens with zero attached hydrogens (tertiary/aromatic N) is 3. The number of amides is 2. The summed E-state index contributed by atoms with van der Waals surface area (Å²) >= 11 is 0. The van der Waals surface area contributed by atoms with Crippen LogP contribution in [0.4, 0.5) is 4.79 Å². The number of hydrogen-bond acceptors (Lipinski definition) is 5. The van der Waals surface area contributed by atoms with E-state index in [1.165, 1.54) is 6.39 Å². The number of aromatic nitrogens is 2. The molecule has 0 saturated carbocycles. The highest BCUT2D eigenvalue weighted by Gasteiger charge is 2.45. The molecule has 1 aromatic rings. The number of carboxylic acids is 1. The minimum absolute atomic E-state index is 0.238. The van der Waals surface area contributed by atoms with Crippen LogP contribution in [0.2, 0.25) is 0 Å². The summed E-state index contributed by atoms with van der Waals surface area (Å²) < 4.78 is 4.60. The second kappa shape index (κ2) is 6.55. The first kappa shape index (κ1) is 15.3. The Labute approximate surface area is 122 Å². The fourth-order valence-corrected chi connectivity index (χ4v) is 2.71. The van der Waals surface area contributed by atoms with E-state index in [-0.39, 0.29) is 12.6 Å². The molecule has 1 aromatic heterocycles. The lowest BCUT2D eigenvalue weighted by Gasteiger charge is -2.24. The molecule has 1 aliphatic rings. The van der Waals surface area contributed by atoms with Crippen molar-refractivity contribution in [2.45, 2.75) is 32.6 Å². The van der Waals surface area contributed by atoms with Gasteiger partial charge in [0.15, 0.2) is 5.82 Å². The third-order valence-electron chi connectivity index (χ3n) is 3.86. The lowest BCUT2D eigenvalue weighted by molar-refractivity contribution is -0.148. The molecule has 2 N–H and O–H groups in total. The van der Waals surface area contributed by atoms with Gasteiger partial charge in [-0.1, -0.05) is 18.5 Å². The van der Waals surface area contributed by atoms with Gasteiger partial charge in [-0.25, -0.2) is 4.79 Å². The Hall–Kier alpha value is -2.12. The summed E-state index contributed by atoms with van der Waals surface area (Å²) in [5.74, 6) is -0.283. The van der Waals surface area contributed by atoms with Gasteiger partial charge in [0.05, 0.1) is 5.41 Å². The molecule has 1 fully saturated rings. The molecule has 0 radical (unpaired) electrons. The fourth-order valence-electron chi connectivity index (χ4n) is 2.71. The predicted molar refractivity (Wildman–Crippen MR) is 72.6 cm³/mol. The van der Waals surface area contributed by atoms with Gasteiger partial charge in [0, 0.05) is 26.1 Å². The van der Waals surface area contributed by atoms with Gasteiger partial charge in [0.2, 0.25) is 6.39 Å². The van der Waals surface area contributed by atoms with Gasteiger partial charge in [0.25, 0.3) is 0 Å². The van der Waals surface area contributed by atoms with Gasteiger partial charge in [-0.3, -0.25) is 4.79 Å². The molecule has 1 aliphatic heterocycles. The predicted octanol–water partition coefficient (Wildman–Crippen LogP) is 0.898. The molecule has 0 bridgehead atoms. The van der Waals surface area contributed by atoms with Crippen molar-refractivity contribution in [2.75, 3.05) is 19.6 Å². The molecule has 8 heteroatoms. The summed E-state index contributed by atoms with van der Waals surface area (Å²) in [5.41, 5.74) is -0.792. The summed E-state index contributed by atoms with van der Waals surface area (Å²) in [6.45, 7) is 3.09. The average Bonchev–Trinajstić information content (AvgIpc) is 3.09. The highest BCUT2D eigenvalue weighted by Crippen LogP contribution is 2.35. The number of carboxylic acid groups (broad SMARTS) is 1. The third kappa shape index (κ3) is 3.50. The zero-order chi connectivity index (χ0) is 15.3. The van der Waals surface area contributed by atoms with Crippen molar-refractivity contribution in [3.63, 3.8) is 0 Å². The molecular formula is C13H20N4O4. The number of hydrogen-bond donors (Lipinski definition) is 2. The first-order chi connectivity index (χ1) is 10.1. The van der Waals surface area contributed by atoms with Crippen molar-refractivity contribution in [1.82, 2.24) is 20.4 Å². The van der Waals surface area contributed by atoms with Crippen LogP contribution in [0.1, 0.15) is 32.0 Å². The van der Waals surface area contributed by atoms with Gasteiger partial charge in [-0.15, -0.1) is 0 Å². The van der Waals surface area contributed by atoms with Crippen LogP contribution in [0.25, 0.3) is 0 Å². The molecule has 21 heavy (non-hydrogen) atoms. The van der Waals surface area contributed by atoms with Crippen LogP contribution in [0.5, 0.6) is 0 Å². The van der Waals surface area contributed by atoms with Crippen LogP contribution >= 0.6 is 0 Å². The summed E-state index contributed by atoms with van der Waals surface area (Å²) in [6, 6.07) is -0.238. The van der Waals surface area contributed by atoms with Gasteiger partial charge < -0.3 is 19.8 Å². The Morgan fingerprint density at radius 2 is 2.38 bits per heavy atom. The van der Waals surface area contributed by atoms with E-state index in [0.717, 1.165) is 6.42 Å². The van der Waals surface area contributed by atoms with Crippen LogP contribution in [0, 0.1) is 5.41 Å². The van der Waals surface area contributed by atoms with Crippen molar-refractivity contribution in [3.05, 3.63) is 12.2 Å². The lowest BCUT2D eigenvalue weighted by atomic mass is 9.83. The van der Waals surface area contributed by atoms with Crippen LogP contribution < -0.4 is 5.32 Å². The van der Waals surface area contributed by atoms with E-state index in [1.54, 1.807) is 4.90 Å². The highest BCUT2D eigenvalue weighted by molar-refractivity contribution is 5.79. The number of rotatable bonds is 6. The molecule has 0 spiro atoms. The molecule has 116 valence electrons. The lowest BCUT2D eigenvalue weighted by Crippen LogP contribution is -2.42. The minimum Gasteiger partial charge on any atom is -0.481 e. The van der Waals surface area contributed by atoms with Crippen molar-refractivity contribution >= 4 is 12.0 Å². The molecular weight excluding hydrogens is 276 g/mol. The minimum atomic E-state index is -0.813. The SMILES string of the molecule is CCCC1(C(=O)O)CCN(C(=O)NCCc2ncon2)C1. The molecule has 1 unspecified atom stereocenters. The number of nitrogens with one attached hydrogen (secondary N) is 1. The summed E-state index contributed by atoms with van der Waals surface area (Å²) in [7, 11) is 0. The van der Waals surface area contributed by atoms with E-state index in [0.29, 0.717) is 38.2 Å². The van der Waals surface area contributed by atoms with Crippen LogP contribution in [-0.4, -0.2) is 51.8 Å². The Kier molecular flexibility index (Phi) is 4.77. The molecule has 2 heterocycles. The fraction of sp³-hybridized carbons (Fsp3) is 0.692. The number of aliphatic carboxylic acids is 1. The Bertz CT molecular complexity index is 490. The van der Waals surface area contributed by atoms with E-state index in [9.17, 15) is 14.7 Å². The van der Waals surface area contributed by atoms with E-state index >= 15 is 0 Å². The first-order valence-electron chi connectivity index (χ1n) is 7.09. The standard InChI is InChI=1S/C13H20N4O4/c1-2-4-13(11(18)19)5-7-17(8-13)12(20)14-6-3-10-15-9-21-16-10/h9H,2-8H2,1H3,(H,14,20)(H,18,19). The molecule has 8 nitrogen and oxygen atoms in total. The zero-order valence-electron chi connectivity index (χ0n) is 12.0. The summed E-state index contributed by atoms with van der Waals surface area (Å²) in [6.07, 6.45) is 3.61. The van der Waals surface area contributed by atoms with Crippen molar-refractivity contribution in [3.8, 4) is 0 Å². The second-order valence-corrected chi connectivity index (χ2v) is 5.34. The molecule has 0 aliphatic carbocycles. The first-order valence-corrected chi connectivity index (χ1v) is 7.09. The molecule has 0 aromatic carbocycles. The summed E-state index contributed by atoms with van der Waals surface area (Å²) in [4.78, 5) is 28.9. The van der Waals surface area contributed by atoms with Crippen molar-refractivity contribution < 1.29 is 19.2 Å². The Morgan fingerprint density at radius 3 is 3.00 bits per heavy atom. The largest absolute Gasteiger partial charge is 0.481 e. The molecule has 1 saturated heterocycles. The van der Waals surface area contributed by atoms with Crippen molar-refractivity contribution in [1.29, 1.82) is 0 Å². The van der Waals surface area contributed by atoms with E-state index < -0.39 is 11.4 Å². The maximum absolute atomic E-state index is 12.0. The van der Waals surface area contributed by atoms with E-state index in [2.05, 4.69) is 20.0 Å². The number of likely N-dealkylation sites (tertiary alicyclic amines) is 1. The highest BCUT2D eigenvalue weighted by atomic mass is 16.5. The van der Waals surface area contributed by atoms with E-state index in [1.807, 2.05) is 6.92 Å². The Morgan fingerprint density at radius 1 is 1.57 bits per heavy atom. The van der Waals surface area contributed by atoms with Crippen LogP contribution in [-0.2, 0) is 11.2 Å².